The Labute approximate surface area is 214 Å². The van der Waals surface area contributed by atoms with Crippen molar-refractivity contribution in [2.45, 2.75) is 43.7 Å². The molecule has 0 radical (unpaired) electrons. The molecule has 2 aliphatic heterocycles. The minimum Gasteiger partial charge on any atom is -0.392 e. The van der Waals surface area contributed by atoms with Crippen LogP contribution in [0.4, 0.5) is 18.9 Å². The van der Waals surface area contributed by atoms with E-state index < -0.39 is 27.9 Å². The molecule has 0 amide bonds. The molecule has 1 aromatic rings. The first-order chi connectivity index (χ1) is 16.8. The van der Waals surface area contributed by atoms with Gasteiger partial charge in [-0.3, -0.25) is 4.90 Å². The molecule has 4 rings (SSSR count). The summed E-state index contributed by atoms with van der Waals surface area (Å²) in [5, 5.41) is 20.0. The number of sulfonamides is 1. The van der Waals surface area contributed by atoms with Gasteiger partial charge in [0.15, 0.2) is 5.60 Å². The van der Waals surface area contributed by atoms with Crippen LogP contribution in [0.25, 0.3) is 0 Å². The number of halogens is 3. The zero-order valence-corrected chi connectivity index (χ0v) is 21.5. The molecule has 1 aromatic carbocycles. The van der Waals surface area contributed by atoms with Crippen LogP contribution in [0.15, 0.2) is 47.4 Å². The average molecular weight is 546 g/mol. The van der Waals surface area contributed by atoms with Gasteiger partial charge < -0.3 is 15.1 Å². The van der Waals surface area contributed by atoms with E-state index in [9.17, 15) is 31.8 Å². The first-order valence-corrected chi connectivity index (χ1v) is 13.6. The predicted molar refractivity (Wildman–Crippen MR) is 135 cm³/mol. The molecular formula is C24H30F3N3O4S2. The van der Waals surface area contributed by atoms with Crippen molar-refractivity contribution in [1.82, 2.24) is 9.21 Å². The maximum absolute atomic E-state index is 13.4. The van der Waals surface area contributed by atoms with Crippen molar-refractivity contribution in [2.24, 2.45) is 0 Å². The quantitative estimate of drug-likeness (QED) is 0.532. The van der Waals surface area contributed by atoms with E-state index in [-0.39, 0.29) is 29.6 Å². The zero-order chi connectivity index (χ0) is 26.3. The van der Waals surface area contributed by atoms with E-state index in [1.807, 2.05) is 4.90 Å². The third-order valence-electron chi connectivity index (χ3n) is 7.05. The number of hydrogen-bond acceptors (Lipinski definition) is 7. The Morgan fingerprint density at radius 1 is 1.11 bits per heavy atom. The Kier molecular flexibility index (Phi) is 7.67. The first kappa shape index (κ1) is 27.2. The van der Waals surface area contributed by atoms with Gasteiger partial charge in [-0.25, -0.2) is 8.42 Å². The fourth-order valence-electron chi connectivity index (χ4n) is 4.85. The Morgan fingerprint density at radius 3 is 2.39 bits per heavy atom. The van der Waals surface area contributed by atoms with Crippen molar-refractivity contribution in [2.75, 3.05) is 44.2 Å². The summed E-state index contributed by atoms with van der Waals surface area (Å²) in [7, 11) is -3.81. The van der Waals surface area contributed by atoms with Crippen LogP contribution in [0.1, 0.15) is 25.3 Å². The summed E-state index contributed by atoms with van der Waals surface area (Å²) in [6.07, 6.45) is 0.761. The maximum Gasteiger partial charge on any atom is 0.421 e. The number of rotatable bonds is 6. The van der Waals surface area contributed by atoms with Gasteiger partial charge in [0.2, 0.25) is 10.0 Å². The monoisotopic (exact) mass is 545 g/mol. The molecule has 1 aliphatic carbocycles. The summed E-state index contributed by atoms with van der Waals surface area (Å²) in [5.41, 5.74) is -2.62. The molecule has 198 valence electrons. The molecule has 7 nitrogen and oxygen atoms in total. The van der Waals surface area contributed by atoms with E-state index in [4.69, 9.17) is 12.2 Å². The lowest BCUT2D eigenvalue weighted by atomic mass is 9.95. The van der Waals surface area contributed by atoms with E-state index in [0.717, 1.165) is 0 Å². The first-order valence-electron chi connectivity index (χ1n) is 11.8. The van der Waals surface area contributed by atoms with Gasteiger partial charge in [-0.1, -0.05) is 36.5 Å². The third-order valence-corrected chi connectivity index (χ3v) is 9.52. The van der Waals surface area contributed by atoms with Crippen LogP contribution in [0.2, 0.25) is 0 Å². The molecule has 2 saturated heterocycles. The van der Waals surface area contributed by atoms with Crippen LogP contribution in [-0.2, 0) is 15.6 Å². The smallest absolute Gasteiger partial charge is 0.392 e. The van der Waals surface area contributed by atoms with Crippen LogP contribution in [0.5, 0.6) is 0 Å². The van der Waals surface area contributed by atoms with Crippen LogP contribution < -0.4 is 4.90 Å². The molecule has 0 aromatic heterocycles. The summed E-state index contributed by atoms with van der Waals surface area (Å²) < 4.78 is 68.0. The molecule has 3 atom stereocenters. The summed E-state index contributed by atoms with van der Waals surface area (Å²) in [5.74, 6) is 0. The minimum atomic E-state index is -4.82. The normalized spacial score (nSPS) is 26.2. The Bertz CT molecular complexity index is 1150. The van der Waals surface area contributed by atoms with Gasteiger partial charge in [-0.2, -0.15) is 17.5 Å². The van der Waals surface area contributed by atoms with Crippen molar-refractivity contribution >= 4 is 32.8 Å². The Morgan fingerprint density at radius 2 is 1.81 bits per heavy atom. The number of thiocarbonyl (C=S) groups is 1. The molecule has 12 heteroatoms. The number of aliphatic hydroxyl groups is 2. The molecule has 1 unspecified atom stereocenters. The van der Waals surface area contributed by atoms with Gasteiger partial charge in [0.25, 0.3) is 0 Å². The molecule has 0 spiro atoms. The standard InChI is InChI=1S/C24H30F3N3O4S2/c1-23(32,24(25,26)27)17-6-8-18(9-7-17)30-13-12-29(15-19(30)14-28-11-10-20(31)16-28)36(33,34)22-5-3-2-4-21(22)35/h2-3,5-9,19-20,31-32H,4,10-16H2,1H3/t19-,20?,23-/m1/s1. The summed E-state index contributed by atoms with van der Waals surface area (Å²) in [6.45, 7) is 3.02. The number of piperazine rings is 1. The Balaban J connectivity index is 1.59. The van der Waals surface area contributed by atoms with Gasteiger partial charge >= 0.3 is 6.18 Å². The zero-order valence-electron chi connectivity index (χ0n) is 19.9. The fourth-order valence-corrected chi connectivity index (χ4v) is 6.92. The second-order valence-electron chi connectivity index (χ2n) is 9.62. The predicted octanol–water partition coefficient (Wildman–Crippen LogP) is 2.56. The largest absolute Gasteiger partial charge is 0.421 e. The van der Waals surface area contributed by atoms with Gasteiger partial charge in [-0.05, 0) is 37.1 Å². The molecule has 36 heavy (non-hydrogen) atoms. The summed E-state index contributed by atoms with van der Waals surface area (Å²) in [4.78, 5) is 4.54. The number of aliphatic hydroxyl groups excluding tert-OH is 1. The third kappa shape index (κ3) is 5.39. The Hall–Kier alpha value is -1.83. The molecule has 0 saturated carbocycles. The van der Waals surface area contributed by atoms with Gasteiger partial charge in [0, 0.05) is 56.2 Å². The van der Waals surface area contributed by atoms with E-state index in [1.165, 1.54) is 34.6 Å². The van der Waals surface area contributed by atoms with Crippen LogP contribution in [0.3, 0.4) is 0 Å². The number of alkyl halides is 3. The fraction of sp³-hybridized carbons (Fsp3) is 0.542. The highest BCUT2D eigenvalue weighted by Gasteiger charge is 2.51. The lowest BCUT2D eigenvalue weighted by molar-refractivity contribution is -0.258. The van der Waals surface area contributed by atoms with Crippen LogP contribution in [-0.4, -0.2) is 90.3 Å². The minimum absolute atomic E-state index is 0.127. The van der Waals surface area contributed by atoms with Crippen LogP contribution in [0, 0.1) is 0 Å². The van der Waals surface area contributed by atoms with Crippen molar-refractivity contribution in [3.05, 3.63) is 53.0 Å². The molecule has 2 fully saturated rings. The van der Waals surface area contributed by atoms with Crippen LogP contribution >= 0.6 is 12.2 Å². The van der Waals surface area contributed by atoms with E-state index in [1.54, 1.807) is 12.2 Å². The van der Waals surface area contributed by atoms with Crippen molar-refractivity contribution in [3.8, 4) is 0 Å². The average Bonchev–Trinajstić information content (AvgIpc) is 3.23. The lowest BCUT2D eigenvalue weighted by Crippen LogP contribution is -2.58. The molecule has 2 heterocycles. The van der Waals surface area contributed by atoms with Gasteiger partial charge in [0.05, 0.1) is 17.1 Å². The summed E-state index contributed by atoms with van der Waals surface area (Å²) >= 11 is 5.30. The topological polar surface area (TPSA) is 84.3 Å². The SMILES string of the molecule is C[C@@](O)(c1ccc(N2CCN(S(=O)(=O)C3=CC=CCC3=S)C[C@H]2CN2CCC(O)C2)cc1)C(F)(F)F. The number of benzene rings is 1. The molecular weight excluding hydrogens is 515 g/mol. The molecule has 3 aliphatic rings. The highest BCUT2D eigenvalue weighted by Crippen LogP contribution is 2.39. The second kappa shape index (κ2) is 10.1. The number of β-amino-alcohol motifs (C(OH)–C–C–N with tert-alkyl or cyclic N) is 1. The van der Waals surface area contributed by atoms with Crippen molar-refractivity contribution < 1.29 is 31.8 Å². The van der Waals surface area contributed by atoms with Crippen molar-refractivity contribution in [3.63, 3.8) is 0 Å². The van der Waals surface area contributed by atoms with E-state index in [2.05, 4.69) is 4.90 Å². The second-order valence-corrected chi connectivity index (χ2v) is 12.0. The highest BCUT2D eigenvalue weighted by molar-refractivity contribution is 7.96. The molecule has 2 N–H and O–H groups in total. The van der Waals surface area contributed by atoms with Gasteiger partial charge in [-0.15, -0.1) is 0 Å². The van der Waals surface area contributed by atoms with Gasteiger partial charge in [0.1, 0.15) is 0 Å². The van der Waals surface area contributed by atoms with Crippen molar-refractivity contribution in [1.29, 1.82) is 0 Å². The van der Waals surface area contributed by atoms with E-state index in [0.29, 0.717) is 56.5 Å². The number of hydrogen-bond donors (Lipinski definition) is 2. The lowest BCUT2D eigenvalue weighted by Gasteiger charge is -2.44. The number of allylic oxidation sites excluding steroid dienone is 4. The summed E-state index contributed by atoms with van der Waals surface area (Å²) in [6, 6.07) is 5.24. The number of anilines is 1. The molecule has 0 bridgehead atoms. The highest BCUT2D eigenvalue weighted by atomic mass is 32.2. The number of likely N-dealkylation sites (tertiary alicyclic amines) is 1. The number of nitrogens with zero attached hydrogens (tertiary/aromatic N) is 3. The maximum atomic E-state index is 13.4. The van der Waals surface area contributed by atoms with E-state index >= 15 is 0 Å².